The molecule has 4 heterocycles. The molecule has 2 aromatic heterocycles. The highest BCUT2D eigenvalue weighted by atomic mass is 32.1. The molecule has 0 spiro atoms. The molecular formula is C19H23F6N5O4S. The standard InChI is InChI=1S/C15H21N5S.2C2HF3O2/c1-18-4-2-16-14(18)10-19-6-12-8-20(9-13(12)7-19)11-15-17-3-5-21-15;2*3-2(4,5)1(6)7/h2-5,12-13H,6-11H2,1H3;2*(H,6,7)/t12-,13+;;. The number of aliphatic carboxylic acids is 2. The van der Waals surface area contributed by atoms with Gasteiger partial charge in [-0.1, -0.05) is 0 Å². The second-order valence-electron chi connectivity index (χ2n) is 7.89. The van der Waals surface area contributed by atoms with E-state index in [4.69, 9.17) is 19.8 Å². The smallest absolute Gasteiger partial charge is 0.475 e. The minimum atomic E-state index is -5.08. The molecule has 0 unspecified atom stereocenters. The largest absolute Gasteiger partial charge is 0.490 e. The summed E-state index contributed by atoms with van der Waals surface area (Å²) in [5.74, 6) is -2.69. The second-order valence-corrected chi connectivity index (χ2v) is 8.87. The van der Waals surface area contributed by atoms with Crippen molar-refractivity contribution in [1.29, 1.82) is 0 Å². The molecule has 0 bridgehead atoms. The molecule has 2 aliphatic rings. The van der Waals surface area contributed by atoms with E-state index < -0.39 is 24.3 Å². The molecule has 0 radical (unpaired) electrons. The summed E-state index contributed by atoms with van der Waals surface area (Å²) in [7, 11) is 2.08. The number of hydrogen-bond acceptors (Lipinski definition) is 7. The minimum Gasteiger partial charge on any atom is -0.475 e. The van der Waals surface area contributed by atoms with Gasteiger partial charge in [-0.3, -0.25) is 9.80 Å². The number of imidazole rings is 1. The summed E-state index contributed by atoms with van der Waals surface area (Å²) in [5, 5.41) is 17.6. The summed E-state index contributed by atoms with van der Waals surface area (Å²) in [4.78, 5) is 31.8. The van der Waals surface area contributed by atoms with E-state index in [0.717, 1.165) is 24.9 Å². The van der Waals surface area contributed by atoms with Crippen LogP contribution in [0.5, 0.6) is 0 Å². The van der Waals surface area contributed by atoms with Gasteiger partial charge in [0.05, 0.1) is 13.1 Å². The van der Waals surface area contributed by atoms with E-state index in [1.165, 1.54) is 37.0 Å². The quantitative estimate of drug-likeness (QED) is 0.580. The van der Waals surface area contributed by atoms with Crippen molar-refractivity contribution in [3.8, 4) is 0 Å². The number of carboxylic acids is 2. The van der Waals surface area contributed by atoms with Crippen LogP contribution in [0.3, 0.4) is 0 Å². The topological polar surface area (TPSA) is 112 Å². The van der Waals surface area contributed by atoms with Gasteiger partial charge in [0.2, 0.25) is 0 Å². The molecule has 2 aliphatic heterocycles. The summed E-state index contributed by atoms with van der Waals surface area (Å²) in [6.07, 6.45) is -4.34. The Kier molecular flexibility index (Phi) is 9.62. The van der Waals surface area contributed by atoms with Gasteiger partial charge in [-0.2, -0.15) is 26.3 Å². The van der Waals surface area contributed by atoms with Crippen LogP contribution in [0.25, 0.3) is 0 Å². The van der Waals surface area contributed by atoms with Gasteiger partial charge in [0.1, 0.15) is 10.8 Å². The van der Waals surface area contributed by atoms with Gasteiger partial charge in [0.15, 0.2) is 0 Å². The number of alkyl halides is 6. The van der Waals surface area contributed by atoms with E-state index in [9.17, 15) is 26.3 Å². The van der Waals surface area contributed by atoms with Crippen LogP contribution in [-0.4, -0.2) is 85.0 Å². The predicted octanol–water partition coefficient (Wildman–Crippen LogP) is 2.71. The van der Waals surface area contributed by atoms with Crippen molar-refractivity contribution in [3.63, 3.8) is 0 Å². The zero-order valence-electron chi connectivity index (χ0n) is 18.3. The number of aryl methyl sites for hydroxylation is 1. The molecule has 196 valence electrons. The lowest BCUT2D eigenvalue weighted by molar-refractivity contribution is -0.193. The maximum atomic E-state index is 10.6. The zero-order chi connectivity index (χ0) is 26.4. The van der Waals surface area contributed by atoms with Crippen LogP contribution in [0.15, 0.2) is 24.0 Å². The lowest BCUT2D eigenvalue weighted by Crippen LogP contribution is -2.29. The Labute approximate surface area is 199 Å². The maximum absolute atomic E-state index is 10.6. The number of rotatable bonds is 4. The van der Waals surface area contributed by atoms with Gasteiger partial charge in [-0.15, -0.1) is 11.3 Å². The molecule has 0 saturated carbocycles. The Bertz CT molecular complexity index is 928. The second kappa shape index (κ2) is 11.8. The lowest BCUT2D eigenvalue weighted by atomic mass is 10.0. The van der Waals surface area contributed by atoms with Crippen LogP contribution in [0, 0.1) is 11.8 Å². The molecule has 0 amide bonds. The summed E-state index contributed by atoms with van der Waals surface area (Å²) in [6, 6.07) is 0. The molecule has 35 heavy (non-hydrogen) atoms. The van der Waals surface area contributed by atoms with Crippen LogP contribution in [0.4, 0.5) is 26.3 Å². The minimum absolute atomic E-state index is 0.824. The molecule has 16 heteroatoms. The number of fused-ring (bicyclic) bond motifs is 1. The summed E-state index contributed by atoms with van der Waals surface area (Å²) in [5.41, 5.74) is 0. The summed E-state index contributed by atoms with van der Waals surface area (Å²) >= 11 is 1.77. The molecule has 2 N–H and O–H groups in total. The predicted molar refractivity (Wildman–Crippen MR) is 110 cm³/mol. The van der Waals surface area contributed by atoms with Gasteiger partial charge < -0.3 is 14.8 Å². The van der Waals surface area contributed by atoms with Crippen LogP contribution in [0.1, 0.15) is 10.8 Å². The van der Waals surface area contributed by atoms with Gasteiger partial charge in [0.25, 0.3) is 0 Å². The van der Waals surface area contributed by atoms with Crippen molar-refractivity contribution in [2.75, 3.05) is 26.2 Å². The Morgan fingerprint density at radius 1 is 0.914 bits per heavy atom. The van der Waals surface area contributed by atoms with Gasteiger partial charge in [-0.05, 0) is 11.8 Å². The first-order valence-electron chi connectivity index (χ1n) is 10.1. The number of aromatic nitrogens is 3. The fourth-order valence-electron chi connectivity index (χ4n) is 3.72. The third kappa shape index (κ3) is 9.10. The molecule has 4 rings (SSSR count). The first kappa shape index (κ1) is 28.5. The monoisotopic (exact) mass is 531 g/mol. The lowest BCUT2D eigenvalue weighted by Gasteiger charge is -2.20. The number of thiazole rings is 1. The third-order valence-electron chi connectivity index (χ3n) is 5.25. The van der Waals surface area contributed by atoms with Crippen LogP contribution in [-0.2, 0) is 29.7 Å². The first-order chi connectivity index (χ1) is 16.2. The molecule has 2 fully saturated rings. The maximum Gasteiger partial charge on any atom is 0.490 e. The summed E-state index contributed by atoms with van der Waals surface area (Å²) in [6.45, 7) is 6.90. The van der Waals surface area contributed by atoms with Crippen LogP contribution < -0.4 is 0 Å². The average molecular weight is 531 g/mol. The Morgan fingerprint density at radius 3 is 1.71 bits per heavy atom. The van der Waals surface area contributed by atoms with Crippen molar-refractivity contribution in [1.82, 2.24) is 24.3 Å². The number of carbonyl (C=O) groups is 2. The normalized spacial score (nSPS) is 20.4. The van der Waals surface area contributed by atoms with Crippen molar-refractivity contribution < 1.29 is 46.1 Å². The van der Waals surface area contributed by atoms with Crippen LogP contribution in [0.2, 0.25) is 0 Å². The first-order valence-corrected chi connectivity index (χ1v) is 10.9. The summed E-state index contributed by atoms with van der Waals surface area (Å²) < 4.78 is 65.6. The van der Waals surface area contributed by atoms with E-state index in [1.54, 1.807) is 11.3 Å². The molecule has 2 atom stereocenters. The Balaban J connectivity index is 0.000000257. The highest BCUT2D eigenvalue weighted by Crippen LogP contribution is 2.32. The number of likely N-dealkylation sites (tertiary alicyclic amines) is 2. The zero-order valence-corrected chi connectivity index (χ0v) is 19.1. The van der Waals surface area contributed by atoms with E-state index in [-0.39, 0.29) is 0 Å². The number of hydrogen-bond donors (Lipinski definition) is 2. The van der Waals surface area contributed by atoms with Gasteiger partial charge in [0, 0.05) is 57.2 Å². The highest BCUT2D eigenvalue weighted by molar-refractivity contribution is 7.09. The average Bonchev–Trinajstić information content (AvgIpc) is 3.49. The molecule has 9 nitrogen and oxygen atoms in total. The van der Waals surface area contributed by atoms with E-state index in [0.29, 0.717) is 0 Å². The van der Waals surface area contributed by atoms with Crippen molar-refractivity contribution in [3.05, 3.63) is 34.8 Å². The fraction of sp³-hybridized carbons (Fsp3) is 0.579. The molecule has 0 aliphatic carbocycles. The van der Waals surface area contributed by atoms with Gasteiger partial charge in [-0.25, -0.2) is 19.6 Å². The highest BCUT2D eigenvalue weighted by Gasteiger charge is 2.40. The fourth-order valence-corrected chi connectivity index (χ4v) is 4.37. The SMILES string of the molecule is Cn1ccnc1CN1C[C@H]2CN(Cc3nccs3)C[C@H]2C1.O=C(O)C(F)(F)F.O=C(O)C(F)(F)F. The molecule has 0 aromatic carbocycles. The molecule has 2 saturated heterocycles. The van der Waals surface area contributed by atoms with Crippen molar-refractivity contribution in [2.24, 2.45) is 18.9 Å². The van der Waals surface area contributed by atoms with Gasteiger partial charge >= 0.3 is 24.3 Å². The van der Waals surface area contributed by atoms with E-state index in [2.05, 4.69) is 36.8 Å². The molecule has 2 aromatic rings. The van der Waals surface area contributed by atoms with Crippen LogP contribution >= 0.6 is 11.3 Å². The Hall–Kier alpha value is -2.72. The number of halogens is 6. The van der Waals surface area contributed by atoms with Crippen molar-refractivity contribution in [2.45, 2.75) is 25.4 Å². The molecular weight excluding hydrogens is 508 g/mol. The van der Waals surface area contributed by atoms with Crippen molar-refractivity contribution >= 4 is 23.3 Å². The van der Waals surface area contributed by atoms with E-state index in [1.807, 2.05) is 18.6 Å². The Morgan fingerprint density at radius 2 is 1.37 bits per heavy atom. The number of nitrogens with zero attached hydrogens (tertiary/aromatic N) is 5. The van der Waals surface area contributed by atoms with E-state index >= 15 is 0 Å². The number of carboxylic acid groups (broad SMARTS) is 2. The third-order valence-corrected chi connectivity index (χ3v) is 6.02.